The molecule has 2 aromatic rings. The minimum absolute atomic E-state index is 0.301. The first-order valence-corrected chi connectivity index (χ1v) is 7.41. The number of carboxylic acids is 2. The fraction of sp³-hybridized carbons (Fsp3) is 0.222. The van der Waals surface area contributed by atoms with Gasteiger partial charge in [0.25, 0.3) is 0 Å². The first-order valence-electron chi connectivity index (χ1n) is 7.41. The van der Waals surface area contributed by atoms with E-state index < -0.39 is 23.4 Å². The number of aryl methyl sites for hydroxylation is 2. The molecular weight excluding hydrogens is 312 g/mol. The zero-order valence-corrected chi connectivity index (χ0v) is 13.5. The van der Waals surface area contributed by atoms with Crippen LogP contribution in [0, 0.1) is 0 Å². The van der Waals surface area contributed by atoms with E-state index in [4.69, 9.17) is 20.4 Å². The molecule has 0 aliphatic rings. The number of phenolic OH excluding ortho intramolecular Hbond substituents is 1. The minimum atomic E-state index is -1.27. The third-order valence-electron chi connectivity index (χ3n) is 3.43. The van der Waals surface area contributed by atoms with Crippen LogP contribution in [0.5, 0.6) is 11.5 Å². The number of rotatable bonds is 4. The van der Waals surface area contributed by atoms with Gasteiger partial charge in [0.2, 0.25) is 0 Å². The number of benzene rings is 2. The first-order chi connectivity index (χ1) is 11.3. The van der Waals surface area contributed by atoms with Crippen LogP contribution in [-0.2, 0) is 12.8 Å². The van der Waals surface area contributed by atoms with Gasteiger partial charge in [0.05, 0.1) is 5.56 Å². The van der Waals surface area contributed by atoms with Crippen molar-refractivity contribution in [3.63, 3.8) is 0 Å². The number of aromatic carboxylic acids is 2. The van der Waals surface area contributed by atoms with Crippen LogP contribution in [0.25, 0.3) is 0 Å². The lowest BCUT2D eigenvalue weighted by Crippen LogP contribution is -2.02. The highest BCUT2D eigenvalue weighted by Crippen LogP contribution is 2.27. The standard InChI is InChI=1S/C11H14O2.C7H6O4/c1-3-8-5-6-10(11(12)13)9(4-2)7-8;8-5-3-1-2-4(6(5)9)7(10)11/h5-7H,3-4H2,1-2H3,(H,12,13);1-3,8-9H,(H,10,11). The van der Waals surface area contributed by atoms with Gasteiger partial charge in [0.1, 0.15) is 5.56 Å². The van der Waals surface area contributed by atoms with Crippen LogP contribution in [-0.4, -0.2) is 32.4 Å². The number of para-hydroxylation sites is 1. The number of carboxylic acid groups (broad SMARTS) is 2. The smallest absolute Gasteiger partial charge is 0.339 e. The Morgan fingerprint density at radius 2 is 1.50 bits per heavy atom. The minimum Gasteiger partial charge on any atom is -0.504 e. The maximum atomic E-state index is 10.8. The van der Waals surface area contributed by atoms with E-state index in [2.05, 4.69) is 6.92 Å². The fourth-order valence-corrected chi connectivity index (χ4v) is 2.07. The highest BCUT2D eigenvalue weighted by molar-refractivity contribution is 5.91. The van der Waals surface area contributed by atoms with Crippen molar-refractivity contribution < 1.29 is 30.0 Å². The monoisotopic (exact) mass is 332 g/mol. The second-order valence-electron chi connectivity index (χ2n) is 4.98. The predicted octanol–water partition coefficient (Wildman–Crippen LogP) is 3.31. The fourth-order valence-electron chi connectivity index (χ4n) is 2.07. The van der Waals surface area contributed by atoms with Gasteiger partial charge in [-0.2, -0.15) is 0 Å². The van der Waals surface area contributed by atoms with Gasteiger partial charge in [-0.3, -0.25) is 0 Å². The molecule has 0 heterocycles. The van der Waals surface area contributed by atoms with Crippen LogP contribution in [0.2, 0.25) is 0 Å². The summed E-state index contributed by atoms with van der Waals surface area (Å²) in [5.41, 5.74) is 2.25. The topological polar surface area (TPSA) is 115 Å². The first kappa shape index (κ1) is 19.0. The SMILES string of the molecule is CCc1ccc(C(=O)O)c(CC)c1.O=C(O)c1cccc(O)c1O. The second-order valence-corrected chi connectivity index (χ2v) is 4.98. The van der Waals surface area contributed by atoms with Crippen molar-refractivity contribution in [2.75, 3.05) is 0 Å². The summed E-state index contributed by atoms with van der Waals surface area (Å²) in [5, 5.41) is 35.1. The molecule has 2 aromatic carbocycles. The summed E-state index contributed by atoms with van der Waals surface area (Å²) < 4.78 is 0. The molecule has 0 atom stereocenters. The number of aromatic hydroxyl groups is 2. The summed E-state index contributed by atoms with van der Waals surface area (Å²) in [6, 6.07) is 9.31. The van der Waals surface area contributed by atoms with Crippen LogP contribution < -0.4 is 0 Å². The van der Waals surface area contributed by atoms with Crippen molar-refractivity contribution in [3.05, 3.63) is 58.7 Å². The van der Waals surface area contributed by atoms with E-state index >= 15 is 0 Å². The van der Waals surface area contributed by atoms with Crippen LogP contribution in [0.1, 0.15) is 45.7 Å². The average Bonchev–Trinajstić information content (AvgIpc) is 2.56. The molecule has 0 aliphatic heterocycles. The van der Waals surface area contributed by atoms with Gasteiger partial charge in [-0.05, 0) is 42.2 Å². The summed E-state index contributed by atoms with van der Waals surface area (Å²) in [6.45, 7) is 4.04. The second kappa shape index (κ2) is 8.57. The molecule has 0 unspecified atom stereocenters. The Morgan fingerprint density at radius 1 is 0.875 bits per heavy atom. The van der Waals surface area contributed by atoms with E-state index in [1.54, 1.807) is 6.07 Å². The predicted molar refractivity (Wildman–Crippen MR) is 88.9 cm³/mol. The molecule has 0 aliphatic carbocycles. The maximum Gasteiger partial charge on any atom is 0.339 e. The molecule has 6 heteroatoms. The Labute approximate surface area is 139 Å². The Morgan fingerprint density at radius 3 is 1.96 bits per heavy atom. The van der Waals surface area contributed by atoms with Crippen LogP contribution in [0.3, 0.4) is 0 Å². The highest BCUT2D eigenvalue weighted by atomic mass is 16.4. The molecular formula is C18H20O6. The lowest BCUT2D eigenvalue weighted by Gasteiger charge is -2.05. The van der Waals surface area contributed by atoms with Gasteiger partial charge in [-0.15, -0.1) is 0 Å². The molecule has 24 heavy (non-hydrogen) atoms. The molecule has 0 amide bonds. The van der Waals surface area contributed by atoms with E-state index in [1.165, 1.54) is 23.8 Å². The molecule has 6 nitrogen and oxygen atoms in total. The third kappa shape index (κ3) is 4.74. The Bertz CT molecular complexity index is 736. The van der Waals surface area contributed by atoms with Crippen molar-refractivity contribution >= 4 is 11.9 Å². The van der Waals surface area contributed by atoms with Gasteiger partial charge in [-0.1, -0.05) is 32.0 Å². The average molecular weight is 332 g/mol. The highest BCUT2D eigenvalue weighted by Gasteiger charge is 2.11. The van der Waals surface area contributed by atoms with Crippen LogP contribution in [0.15, 0.2) is 36.4 Å². The lowest BCUT2D eigenvalue weighted by molar-refractivity contribution is 0.0683. The van der Waals surface area contributed by atoms with Crippen molar-refractivity contribution in [1.82, 2.24) is 0 Å². The molecule has 128 valence electrons. The van der Waals surface area contributed by atoms with Crippen LogP contribution >= 0.6 is 0 Å². The molecule has 0 radical (unpaired) electrons. The zero-order valence-electron chi connectivity index (χ0n) is 13.5. The number of hydrogen-bond acceptors (Lipinski definition) is 4. The van der Waals surface area contributed by atoms with Crippen molar-refractivity contribution in [2.24, 2.45) is 0 Å². The van der Waals surface area contributed by atoms with Gasteiger partial charge >= 0.3 is 11.9 Å². The Hall–Kier alpha value is -3.02. The summed E-state index contributed by atoms with van der Waals surface area (Å²) in [4.78, 5) is 21.1. The van der Waals surface area contributed by atoms with E-state index in [9.17, 15) is 9.59 Å². The molecule has 0 aromatic heterocycles. The van der Waals surface area contributed by atoms with E-state index in [-0.39, 0.29) is 5.56 Å². The maximum absolute atomic E-state index is 10.8. The number of hydrogen-bond donors (Lipinski definition) is 4. The molecule has 2 rings (SSSR count). The van der Waals surface area contributed by atoms with Crippen molar-refractivity contribution in [1.29, 1.82) is 0 Å². The number of phenols is 2. The molecule has 0 bridgehead atoms. The number of carbonyl (C=O) groups is 2. The third-order valence-corrected chi connectivity index (χ3v) is 3.43. The summed E-state index contributed by atoms with van der Waals surface area (Å²) in [6.07, 6.45) is 1.72. The summed E-state index contributed by atoms with van der Waals surface area (Å²) in [7, 11) is 0. The lowest BCUT2D eigenvalue weighted by atomic mass is 10.0. The van der Waals surface area contributed by atoms with Gasteiger partial charge in [0, 0.05) is 0 Å². The Kier molecular flexibility index (Phi) is 6.79. The zero-order chi connectivity index (χ0) is 18.3. The van der Waals surface area contributed by atoms with Crippen molar-refractivity contribution in [2.45, 2.75) is 26.7 Å². The quantitative estimate of drug-likeness (QED) is 0.639. The Balaban J connectivity index is 0.000000243. The van der Waals surface area contributed by atoms with E-state index in [0.29, 0.717) is 5.56 Å². The van der Waals surface area contributed by atoms with E-state index in [0.717, 1.165) is 18.4 Å². The summed E-state index contributed by atoms with van der Waals surface area (Å²) in [5.74, 6) is -3.12. The van der Waals surface area contributed by atoms with Gasteiger partial charge < -0.3 is 20.4 Å². The summed E-state index contributed by atoms with van der Waals surface area (Å²) >= 11 is 0. The molecule has 0 spiro atoms. The molecule has 0 saturated carbocycles. The van der Waals surface area contributed by atoms with Gasteiger partial charge in [-0.25, -0.2) is 9.59 Å². The normalized spacial score (nSPS) is 9.75. The molecule has 0 saturated heterocycles. The molecule has 0 fully saturated rings. The largest absolute Gasteiger partial charge is 0.504 e. The van der Waals surface area contributed by atoms with Crippen molar-refractivity contribution in [3.8, 4) is 11.5 Å². The molecule has 4 N–H and O–H groups in total. The van der Waals surface area contributed by atoms with E-state index in [1.807, 2.05) is 19.1 Å². The van der Waals surface area contributed by atoms with Gasteiger partial charge in [0.15, 0.2) is 11.5 Å². The van der Waals surface area contributed by atoms with Crippen LogP contribution in [0.4, 0.5) is 0 Å².